The van der Waals surface area contributed by atoms with E-state index < -0.39 is 5.97 Å². The standard InChI is InChI=1S/C21H22N6O4/c1-13-10-24-21(25-14-4-3-5-16(8-14)29-11-19(28)22-2)27(20(13)26-31-21)15-6-7-18-17(9-15)23-12-30-18/h3-10,23,25-26H,11-12H2,1-2H3,(H,22,28). The Bertz CT molecular complexity index is 1100. The maximum Gasteiger partial charge on any atom is 0.351 e. The quantitative estimate of drug-likeness (QED) is 0.560. The van der Waals surface area contributed by atoms with Crippen molar-refractivity contribution in [2.75, 3.05) is 35.9 Å². The summed E-state index contributed by atoms with van der Waals surface area (Å²) < 4.78 is 11.1. The number of rotatable bonds is 6. The minimum Gasteiger partial charge on any atom is -0.484 e. The highest BCUT2D eigenvalue weighted by Crippen LogP contribution is 2.42. The number of carbonyl (C=O) groups excluding carboxylic acids is 1. The number of nitrogens with zero attached hydrogens (tertiary/aromatic N) is 2. The van der Waals surface area contributed by atoms with E-state index in [1.165, 1.54) is 0 Å². The van der Waals surface area contributed by atoms with Gasteiger partial charge in [0, 0.05) is 30.6 Å². The number of benzene rings is 2. The predicted octanol–water partition coefficient (Wildman–Crippen LogP) is 1.95. The molecule has 31 heavy (non-hydrogen) atoms. The first kappa shape index (κ1) is 19.1. The van der Waals surface area contributed by atoms with E-state index in [-0.39, 0.29) is 12.5 Å². The summed E-state index contributed by atoms with van der Waals surface area (Å²) in [6.45, 7) is 2.34. The number of fused-ring (bicyclic) bond motifs is 3. The molecule has 0 saturated carbocycles. The summed E-state index contributed by atoms with van der Waals surface area (Å²) in [7, 11) is 1.57. The highest BCUT2D eigenvalue weighted by molar-refractivity contribution is 5.85. The molecule has 1 unspecified atom stereocenters. The zero-order chi connectivity index (χ0) is 21.4. The summed E-state index contributed by atoms with van der Waals surface area (Å²) in [5.41, 5.74) is 6.41. The van der Waals surface area contributed by atoms with Gasteiger partial charge in [0.25, 0.3) is 5.91 Å². The summed E-state index contributed by atoms with van der Waals surface area (Å²) in [6.07, 6.45) is 1.76. The molecule has 1 saturated heterocycles. The number of hydrogen-bond donors (Lipinski definition) is 4. The summed E-state index contributed by atoms with van der Waals surface area (Å²) in [4.78, 5) is 24.0. The molecule has 1 atom stereocenters. The third-order valence-corrected chi connectivity index (χ3v) is 5.13. The molecule has 10 heteroatoms. The molecule has 3 aliphatic heterocycles. The molecule has 2 aromatic rings. The molecular weight excluding hydrogens is 400 g/mol. The second-order valence-corrected chi connectivity index (χ2v) is 7.20. The van der Waals surface area contributed by atoms with Crippen molar-refractivity contribution < 1.29 is 19.1 Å². The first-order valence-electron chi connectivity index (χ1n) is 9.81. The lowest BCUT2D eigenvalue weighted by Crippen LogP contribution is -2.51. The molecule has 0 aliphatic carbocycles. The number of aliphatic imine (C=N–C) groups is 1. The molecule has 3 aliphatic rings. The SMILES string of the molecule is CNC(=O)COc1cccc(NC23N=CC(C)=C(NO2)N3c2ccc3c(c2)NCO3)c1. The van der Waals surface area contributed by atoms with Crippen molar-refractivity contribution in [2.45, 2.75) is 12.9 Å². The lowest BCUT2D eigenvalue weighted by atomic mass is 10.2. The minimum absolute atomic E-state index is 0.0658. The summed E-state index contributed by atoms with van der Waals surface area (Å²) in [6, 6.07) is 13.1. The lowest BCUT2D eigenvalue weighted by Gasteiger charge is -2.36. The van der Waals surface area contributed by atoms with Crippen LogP contribution < -0.4 is 35.8 Å². The number of hydrogen-bond acceptors (Lipinski definition) is 9. The van der Waals surface area contributed by atoms with E-state index in [4.69, 9.17) is 14.3 Å². The zero-order valence-corrected chi connectivity index (χ0v) is 17.1. The van der Waals surface area contributed by atoms with E-state index in [1.807, 2.05) is 42.2 Å². The Morgan fingerprint density at radius 1 is 1.32 bits per heavy atom. The number of hydroxylamine groups is 1. The molecule has 5 rings (SSSR count). The van der Waals surface area contributed by atoms with E-state index in [9.17, 15) is 4.79 Å². The minimum atomic E-state index is -1.23. The van der Waals surface area contributed by atoms with Gasteiger partial charge in [0.1, 0.15) is 17.3 Å². The summed E-state index contributed by atoms with van der Waals surface area (Å²) in [5.74, 6) is 0.700. The van der Waals surface area contributed by atoms with E-state index in [0.717, 1.165) is 28.5 Å². The van der Waals surface area contributed by atoms with Gasteiger partial charge < -0.3 is 25.4 Å². The van der Waals surface area contributed by atoms with Crippen LogP contribution in [0.3, 0.4) is 0 Å². The van der Waals surface area contributed by atoms with Crippen LogP contribution in [0.5, 0.6) is 11.5 Å². The molecule has 2 aromatic carbocycles. The number of likely N-dealkylation sites (N-methyl/N-ethyl adjacent to an activating group) is 1. The number of ether oxygens (including phenoxy) is 2. The van der Waals surface area contributed by atoms with Gasteiger partial charge in [0.15, 0.2) is 13.3 Å². The third-order valence-electron chi connectivity index (χ3n) is 5.13. The van der Waals surface area contributed by atoms with Crippen molar-refractivity contribution in [3.05, 3.63) is 53.9 Å². The summed E-state index contributed by atoms with van der Waals surface area (Å²) >= 11 is 0. The van der Waals surface area contributed by atoms with Gasteiger partial charge in [-0.25, -0.2) is 15.3 Å². The lowest BCUT2D eigenvalue weighted by molar-refractivity contribution is -0.122. The topological polar surface area (TPSA) is 108 Å². The Labute approximate surface area is 178 Å². The molecule has 1 fully saturated rings. The van der Waals surface area contributed by atoms with Crippen molar-refractivity contribution >= 4 is 29.2 Å². The van der Waals surface area contributed by atoms with Gasteiger partial charge in [-0.1, -0.05) is 6.07 Å². The number of carbonyl (C=O) groups is 1. The number of allylic oxidation sites excluding steroid dienone is 1. The first-order valence-corrected chi connectivity index (χ1v) is 9.81. The second kappa shape index (κ2) is 7.40. The van der Waals surface area contributed by atoms with Crippen LogP contribution >= 0.6 is 0 Å². The fraction of sp³-hybridized carbons (Fsp3) is 0.238. The van der Waals surface area contributed by atoms with Gasteiger partial charge in [-0.15, -0.1) is 0 Å². The highest BCUT2D eigenvalue weighted by Gasteiger charge is 2.49. The van der Waals surface area contributed by atoms with Crippen molar-refractivity contribution in [3.8, 4) is 11.5 Å². The van der Waals surface area contributed by atoms with Crippen LogP contribution in [0, 0.1) is 0 Å². The smallest absolute Gasteiger partial charge is 0.351 e. The Morgan fingerprint density at radius 2 is 2.23 bits per heavy atom. The van der Waals surface area contributed by atoms with E-state index in [1.54, 1.807) is 25.4 Å². The van der Waals surface area contributed by atoms with E-state index in [2.05, 4.69) is 26.4 Å². The average Bonchev–Trinajstić information content (AvgIpc) is 3.36. The van der Waals surface area contributed by atoms with E-state index in [0.29, 0.717) is 18.2 Å². The molecule has 0 aromatic heterocycles. The Kier molecular flexibility index (Phi) is 4.55. The van der Waals surface area contributed by atoms with Crippen LogP contribution in [-0.4, -0.2) is 38.5 Å². The first-order chi connectivity index (χ1) is 15.1. The van der Waals surface area contributed by atoms with Crippen LogP contribution in [0.4, 0.5) is 17.1 Å². The molecule has 1 amide bonds. The van der Waals surface area contributed by atoms with Crippen molar-refractivity contribution in [3.63, 3.8) is 0 Å². The van der Waals surface area contributed by atoms with Crippen LogP contribution in [0.1, 0.15) is 6.92 Å². The van der Waals surface area contributed by atoms with Crippen molar-refractivity contribution in [2.24, 2.45) is 4.99 Å². The number of amides is 1. The van der Waals surface area contributed by atoms with Gasteiger partial charge in [0.05, 0.1) is 11.4 Å². The van der Waals surface area contributed by atoms with Crippen LogP contribution in [0.2, 0.25) is 0 Å². The monoisotopic (exact) mass is 422 g/mol. The maximum atomic E-state index is 11.5. The van der Waals surface area contributed by atoms with Gasteiger partial charge >= 0.3 is 5.97 Å². The fourth-order valence-electron chi connectivity index (χ4n) is 3.55. The summed E-state index contributed by atoms with van der Waals surface area (Å²) in [5, 5.41) is 9.08. The maximum absolute atomic E-state index is 11.5. The van der Waals surface area contributed by atoms with Gasteiger partial charge in [-0.3, -0.25) is 9.69 Å². The Morgan fingerprint density at radius 3 is 3.10 bits per heavy atom. The van der Waals surface area contributed by atoms with Crippen molar-refractivity contribution in [1.29, 1.82) is 0 Å². The number of nitrogens with one attached hydrogen (secondary N) is 4. The number of anilines is 3. The Balaban J connectivity index is 1.45. The Hall–Kier alpha value is -3.92. The van der Waals surface area contributed by atoms with Gasteiger partial charge in [-0.2, -0.15) is 0 Å². The van der Waals surface area contributed by atoms with Crippen LogP contribution in [0.25, 0.3) is 0 Å². The van der Waals surface area contributed by atoms with Gasteiger partial charge in [0.2, 0.25) is 0 Å². The molecule has 0 spiro atoms. The molecule has 0 radical (unpaired) electrons. The zero-order valence-electron chi connectivity index (χ0n) is 17.1. The van der Waals surface area contributed by atoms with E-state index >= 15 is 0 Å². The van der Waals surface area contributed by atoms with Gasteiger partial charge in [-0.05, 0) is 37.3 Å². The fourth-order valence-corrected chi connectivity index (χ4v) is 3.55. The molecule has 10 nitrogen and oxygen atoms in total. The average molecular weight is 422 g/mol. The molecule has 160 valence electrons. The highest BCUT2D eigenvalue weighted by atomic mass is 16.7. The molecule has 3 heterocycles. The predicted molar refractivity (Wildman–Crippen MR) is 116 cm³/mol. The molecule has 2 bridgehead atoms. The third kappa shape index (κ3) is 3.36. The normalized spacial score (nSPS) is 20.5. The van der Waals surface area contributed by atoms with Crippen LogP contribution in [0.15, 0.2) is 58.9 Å². The van der Waals surface area contributed by atoms with Crippen molar-refractivity contribution in [1.82, 2.24) is 10.8 Å². The van der Waals surface area contributed by atoms with Crippen LogP contribution in [-0.2, 0) is 9.63 Å². The second-order valence-electron chi connectivity index (χ2n) is 7.20. The molecular formula is C21H22N6O4. The molecule has 4 N–H and O–H groups in total. The largest absolute Gasteiger partial charge is 0.484 e.